The molecule has 2 rings (SSSR count). The molecule has 110 valence electrons. The normalized spacial score (nSPS) is 12.0. The molecule has 0 aliphatic rings. The van der Waals surface area contributed by atoms with Crippen LogP contribution in [0.3, 0.4) is 0 Å². The summed E-state index contributed by atoms with van der Waals surface area (Å²) in [4.78, 5) is 10.4. The Morgan fingerprint density at radius 2 is 2.05 bits per heavy atom. The maximum absolute atomic E-state index is 10.9. The van der Waals surface area contributed by atoms with Crippen molar-refractivity contribution in [1.29, 1.82) is 0 Å². The van der Waals surface area contributed by atoms with Crippen molar-refractivity contribution in [2.24, 2.45) is 0 Å². The summed E-state index contributed by atoms with van der Waals surface area (Å²) < 4.78 is 5.84. The van der Waals surface area contributed by atoms with E-state index in [1.54, 1.807) is 31.2 Å². The number of halogens is 2. The zero-order valence-electron chi connectivity index (χ0n) is 10.9. The van der Waals surface area contributed by atoms with Crippen LogP contribution in [0.25, 0.3) is 0 Å². The van der Waals surface area contributed by atoms with Crippen LogP contribution >= 0.6 is 27.5 Å². The van der Waals surface area contributed by atoms with E-state index < -0.39 is 11.0 Å². The van der Waals surface area contributed by atoms with Crippen LogP contribution in [-0.4, -0.2) is 10.0 Å². The number of hydrogen-bond donors (Lipinski definition) is 1. The van der Waals surface area contributed by atoms with Crippen molar-refractivity contribution < 1.29 is 14.8 Å². The molecule has 2 aromatic carbocycles. The molecule has 5 nitrogen and oxygen atoms in total. The van der Waals surface area contributed by atoms with Gasteiger partial charge in [0.2, 0.25) is 0 Å². The highest BCUT2D eigenvalue weighted by Gasteiger charge is 2.17. The van der Waals surface area contributed by atoms with Gasteiger partial charge in [-0.3, -0.25) is 10.1 Å². The fraction of sp³-hybridized carbons (Fsp3) is 0.143. The smallest absolute Gasteiger partial charge is 0.287 e. The first-order chi connectivity index (χ1) is 9.90. The van der Waals surface area contributed by atoms with Crippen LogP contribution in [0.2, 0.25) is 5.02 Å². The third-order valence-electron chi connectivity index (χ3n) is 2.80. The van der Waals surface area contributed by atoms with E-state index in [4.69, 9.17) is 16.3 Å². The predicted molar refractivity (Wildman–Crippen MR) is 83.0 cm³/mol. The second kappa shape index (κ2) is 6.43. The van der Waals surface area contributed by atoms with Crippen molar-refractivity contribution in [3.05, 3.63) is 61.6 Å². The maximum atomic E-state index is 10.9. The van der Waals surface area contributed by atoms with Crippen LogP contribution in [0.4, 0.5) is 5.69 Å². The molecule has 0 aliphatic carbocycles. The van der Waals surface area contributed by atoms with E-state index in [-0.39, 0.29) is 15.9 Å². The average Bonchev–Trinajstić information content (AvgIpc) is 2.42. The number of nitrogens with zero attached hydrogens (tertiary/aromatic N) is 1. The highest BCUT2D eigenvalue weighted by atomic mass is 79.9. The number of benzene rings is 2. The Bertz CT molecular complexity index is 691. The summed E-state index contributed by atoms with van der Waals surface area (Å²) in [7, 11) is 0. The molecular formula is C14H11BrClNO4. The van der Waals surface area contributed by atoms with Crippen LogP contribution in [0, 0.1) is 10.1 Å². The predicted octanol–water partition coefficient (Wildman–Crippen LogP) is 4.86. The van der Waals surface area contributed by atoms with E-state index in [9.17, 15) is 15.2 Å². The largest absolute Gasteiger partial charge is 0.454 e. The Hall–Kier alpha value is -1.63. The van der Waals surface area contributed by atoms with Crippen molar-refractivity contribution >= 4 is 33.2 Å². The van der Waals surface area contributed by atoms with Crippen molar-refractivity contribution in [2.75, 3.05) is 0 Å². The SMILES string of the molecule is C[C@@H](O)c1ccc(Oc2cccc([N+](=O)[O-])c2Br)c(Cl)c1. The molecule has 0 heterocycles. The molecular weight excluding hydrogens is 362 g/mol. The van der Waals surface area contributed by atoms with Gasteiger partial charge in [-0.2, -0.15) is 0 Å². The number of rotatable bonds is 4. The molecule has 0 saturated heterocycles. The number of ether oxygens (including phenoxy) is 1. The van der Waals surface area contributed by atoms with Gasteiger partial charge in [-0.25, -0.2) is 0 Å². The molecule has 0 saturated carbocycles. The molecule has 0 bridgehead atoms. The zero-order valence-corrected chi connectivity index (χ0v) is 13.3. The van der Waals surface area contributed by atoms with Gasteiger partial charge < -0.3 is 9.84 Å². The molecule has 0 spiro atoms. The van der Waals surface area contributed by atoms with Gasteiger partial charge >= 0.3 is 0 Å². The van der Waals surface area contributed by atoms with E-state index in [0.717, 1.165) is 0 Å². The summed E-state index contributed by atoms with van der Waals surface area (Å²) >= 11 is 9.24. The van der Waals surface area contributed by atoms with Crippen molar-refractivity contribution in [3.63, 3.8) is 0 Å². The topological polar surface area (TPSA) is 72.6 Å². The highest BCUT2D eigenvalue weighted by Crippen LogP contribution is 2.38. The van der Waals surface area contributed by atoms with Gasteiger partial charge in [0.1, 0.15) is 16.0 Å². The summed E-state index contributed by atoms with van der Waals surface area (Å²) in [5.74, 6) is 0.637. The standard InChI is InChI=1S/C14H11BrClNO4/c1-8(18)9-5-6-12(10(16)7-9)21-13-4-2-3-11(14(13)15)17(19)20/h2-8,18H,1H3/t8-/m1/s1. The first-order valence-corrected chi connectivity index (χ1v) is 7.15. The van der Waals surface area contributed by atoms with Crippen LogP contribution in [0.1, 0.15) is 18.6 Å². The van der Waals surface area contributed by atoms with E-state index in [1.165, 1.54) is 12.1 Å². The van der Waals surface area contributed by atoms with Gasteiger partial charge in [0, 0.05) is 6.07 Å². The highest BCUT2D eigenvalue weighted by molar-refractivity contribution is 9.10. The molecule has 0 aromatic heterocycles. The van der Waals surface area contributed by atoms with Gasteiger partial charge in [0.05, 0.1) is 16.0 Å². The van der Waals surface area contributed by atoms with Crippen LogP contribution in [0.15, 0.2) is 40.9 Å². The summed E-state index contributed by atoms with van der Waals surface area (Å²) in [5.41, 5.74) is 0.565. The first-order valence-electron chi connectivity index (χ1n) is 5.98. The number of nitro groups is 1. The Morgan fingerprint density at radius 1 is 1.33 bits per heavy atom. The van der Waals surface area contributed by atoms with E-state index in [1.807, 2.05) is 0 Å². The van der Waals surface area contributed by atoms with Crippen molar-refractivity contribution in [2.45, 2.75) is 13.0 Å². The van der Waals surface area contributed by atoms with Gasteiger partial charge in [-0.15, -0.1) is 0 Å². The summed E-state index contributed by atoms with van der Waals surface area (Å²) in [6.45, 7) is 1.63. The number of aliphatic hydroxyl groups excluding tert-OH is 1. The summed E-state index contributed by atoms with van der Waals surface area (Å²) in [6, 6.07) is 9.36. The quantitative estimate of drug-likeness (QED) is 0.614. The Kier molecular flexibility index (Phi) is 4.82. The van der Waals surface area contributed by atoms with Crippen molar-refractivity contribution in [1.82, 2.24) is 0 Å². The molecule has 2 aromatic rings. The molecule has 0 fully saturated rings. The molecule has 0 aliphatic heterocycles. The molecule has 7 heteroatoms. The molecule has 0 radical (unpaired) electrons. The van der Waals surface area contributed by atoms with Gasteiger partial charge in [0.25, 0.3) is 5.69 Å². The third-order valence-corrected chi connectivity index (χ3v) is 3.89. The lowest BCUT2D eigenvalue weighted by Crippen LogP contribution is -1.94. The van der Waals surface area contributed by atoms with Crippen molar-refractivity contribution in [3.8, 4) is 11.5 Å². The fourth-order valence-electron chi connectivity index (χ4n) is 1.70. The Morgan fingerprint density at radius 3 is 2.62 bits per heavy atom. The van der Waals surface area contributed by atoms with Crippen LogP contribution in [-0.2, 0) is 0 Å². The number of hydrogen-bond acceptors (Lipinski definition) is 4. The first kappa shape index (κ1) is 15.8. The Labute approximate surface area is 134 Å². The maximum Gasteiger partial charge on any atom is 0.287 e. The van der Waals surface area contributed by atoms with Gasteiger partial charge in [-0.05, 0) is 46.6 Å². The minimum Gasteiger partial charge on any atom is -0.454 e. The third kappa shape index (κ3) is 3.53. The minimum absolute atomic E-state index is 0.0933. The van der Waals surface area contributed by atoms with E-state index in [2.05, 4.69) is 15.9 Å². The van der Waals surface area contributed by atoms with Crippen LogP contribution in [0.5, 0.6) is 11.5 Å². The minimum atomic E-state index is -0.638. The van der Waals surface area contributed by atoms with E-state index in [0.29, 0.717) is 16.3 Å². The fourth-order valence-corrected chi connectivity index (χ4v) is 2.41. The number of nitro benzene ring substituents is 1. The zero-order chi connectivity index (χ0) is 15.6. The second-order valence-corrected chi connectivity index (χ2v) is 5.51. The van der Waals surface area contributed by atoms with Gasteiger partial charge in [0.15, 0.2) is 0 Å². The second-order valence-electron chi connectivity index (χ2n) is 4.31. The molecule has 0 unspecified atom stereocenters. The lowest BCUT2D eigenvalue weighted by molar-refractivity contribution is -0.385. The molecule has 1 atom stereocenters. The molecule has 0 amide bonds. The molecule has 21 heavy (non-hydrogen) atoms. The van der Waals surface area contributed by atoms with Crippen LogP contribution < -0.4 is 4.74 Å². The molecule has 1 N–H and O–H groups in total. The summed E-state index contributed by atoms with van der Waals surface area (Å²) in [5, 5.41) is 20.7. The van der Waals surface area contributed by atoms with Gasteiger partial charge in [-0.1, -0.05) is 23.7 Å². The summed E-state index contributed by atoms with van der Waals surface area (Å²) in [6.07, 6.45) is -0.638. The Balaban J connectivity index is 2.35. The lowest BCUT2D eigenvalue weighted by Gasteiger charge is -2.11. The van der Waals surface area contributed by atoms with E-state index >= 15 is 0 Å². The lowest BCUT2D eigenvalue weighted by atomic mass is 10.1. The monoisotopic (exact) mass is 371 g/mol. The average molecular weight is 373 g/mol. The number of aliphatic hydroxyl groups is 1.